The van der Waals surface area contributed by atoms with E-state index >= 15 is 0 Å². The minimum atomic E-state index is -3.86. The highest BCUT2D eigenvalue weighted by Crippen LogP contribution is 2.34. The molecule has 2 aromatic rings. The second-order valence-corrected chi connectivity index (χ2v) is 7.56. The number of rotatable bonds is 5. The zero-order valence-corrected chi connectivity index (χ0v) is 16.3. The lowest BCUT2D eigenvalue weighted by Crippen LogP contribution is -2.52. The fraction of sp³-hybridized carbons (Fsp3) is 0.300. The predicted molar refractivity (Wildman–Crippen MR) is 102 cm³/mol. The average Bonchev–Trinajstić information content (AvgIpc) is 2.58. The molecule has 28 heavy (non-hydrogen) atoms. The maximum atomic E-state index is 14.8. The van der Waals surface area contributed by atoms with Crippen LogP contribution in [0.3, 0.4) is 0 Å². The van der Waals surface area contributed by atoms with E-state index in [1.54, 1.807) is 29.6 Å². The fourth-order valence-electron chi connectivity index (χ4n) is 2.43. The highest BCUT2D eigenvalue weighted by Gasteiger charge is 2.47. The number of amides is 1. The van der Waals surface area contributed by atoms with E-state index in [9.17, 15) is 23.5 Å². The van der Waals surface area contributed by atoms with Crippen LogP contribution in [0.25, 0.3) is 11.1 Å². The number of halogens is 3. The van der Waals surface area contributed by atoms with Crippen molar-refractivity contribution in [1.29, 1.82) is 0 Å². The first kappa shape index (κ1) is 21.6. The smallest absolute Gasteiger partial charge is 0.408 e. The third kappa shape index (κ3) is 5.42. The van der Waals surface area contributed by atoms with Crippen LogP contribution >= 0.6 is 11.6 Å². The number of alkyl halides is 2. The Kier molecular flexibility index (Phi) is 6.29. The van der Waals surface area contributed by atoms with Gasteiger partial charge in [-0.2, -0.15) is 8.78 Å². The Labute approximate surface area is 166 Å². The Morgan fingerprint density at radius 3 is 1.89 bits per heavy atom. The van der Waals surface area contributed by atoms with Crippen LogP contribution in [0.5, 0.6) is 0 Å². The summed E-state index contributed by atoms with van der Waals surface area (Å²) in [7, 11) is 0. The van der Waals surface area contributed by atoms with Crippen LogP contribution < -0.4 is 5.32 Å². The van der Waals surface area contributed by atoms with E-state index in [-0.39, 0.29) is 0 Å². The van der Waals surface area contributed by atoms with E-state index in [0.717, 1.165) is 17.7 Å². The van der Waals surface area contributed by atoms with Crippen molar-refractivity contribution >= 4 is 23.7 Å². The van der Waals surface area contributed by atoms with Gasteiger partial charge in [0.05, 0.1) is 0 Å². The molecule has 150 valence electrons. The van der Waals surface area contributed by atoms with Gasteiger partial charge in [0.2, 0.25) is 0 Å². The number of hydrogen-bond acceptors (Lipinski definition) is 3. The van der Waals surface area contributed by atoms with Gasteiger partial charge in [0, 0.05) is 10.6 Å². The second kappa shape index (κ2) is 8.14. The average molecular weight is 412 g/mol. The van der Waals surface area contributed by atoms with Gasteiger partial charge in [0.1, 0.15) is 5.60 Å². The van der Waals surface area contributed by atoms with Crippen LogP contribution in [-0.2, 0) is 15.5 Å². The molecule has 2 N–H and O–H groups in total. The van der Waals surface area contributed by atoms with Gasteiger partial charge in [-0.1, -0.05) is 48.0 Å². The third-order valence-electron chi connectivity index (χ3n) is 3.72. The Morgan fingerprint density at radius 2 is 1.46 bits per heavy atom. The van der Waals surface area contributed by atoms with E-state index in [1.807, 2.05) is 0 Å². The Morgan fingerprint density at radius 1 is 1.00 bits per heavy atom. The summed E-state index contributed by atoms with van der Waals surface area (Å²) in [5, 5.41) is 11.5. The molecule has 0 aliphatic rings. The molecule has 0 heterocycles. The molecule has 2 rings (SSSR count). The summed E-state index contributed by atoms with van der Waals surface area (Å²) in [5.41, 5.74) is -0.0827. The first-order chi connectivity index (χ1) is 12.9. The summed E-state index contributed by atoms with van der Waals surface area (Å²) >= 11 is 5.83. The Balaban J connectivity index is 2.25. The number of aliphatic carboxylic acids is 1. The van der Waals surface area contributed by atoms with E-state index < -0.39 is 35.2 Å². The summed E-state index contributed by atoms with van der Waals surface area (Å²) in [6.45, 7) is 4.61. The highest BCUT2D eigenvalue weighted by atomic mass is 35.5. The molecule has 0 aliphatic heterocycles. The van der Waals surface area contributed by atoms with Gasteiger partial charge in [0.15, 0.2) is 6.04 Å². The van der Waals surface area contributed by atoms with Gasteiger partial charge < -0.3 is 15.2 Å². The van der Waals surface area contributed by atoms with Crippen molar-refractivity contribution in [2.75, 3.05) is 0 Å². The van der Waals surface area contributed by atoms with Gasteiger partial charge in [-0.15, -0.1) is 0 Å². The maximum absolute atomic E-state index is 14.8. The van der Waals surface area contributed by atoms with Crippen molar-refractivity contribution in [3.63, 3.8) is 0 Å². The number of benzene rings is 2. The van der Waals surface area contributed by atoms with Crippen LogP contribution in [0.4, 0.5) is 13.6 Å². The molecule has 0 radical (unpaired) electrons. The van der Waals surface area contributed by atoms with Crippen molar-refractivity contribution in [1.82, 2.24) is 5.32 Å². The van der Waals surface area contributed by atoms with Crippen molar-refractivity contribution in [3.05, 3.63) is 59.1 Å². The lowest BCUT2D eigenvalue weighted by Gasteiger charge is -2.27. The predicted octanol–water partition coefficient (Wildman–Crippen LogP) is 5.08. The number of carbonyl (C=O) groups excluding carboxylic acids is 1. The molecule has 2 aromatic carbocycles. The summed E-state index contributed by atoms with van der Waals surface area (Å²) < 4.78 is 34.4. The van der Waals surface area contributed by atoms with Crippen molar-refractivity contribution < 1.29 is 28.2 Å². The number of ether oxygens (including phenoxy) is 1. The molecular formula is C20H20ClF2NO4. The van der Waals surface area contributed by atoms with E-state index in [1.165, 1.54) is 32.9 Å². The SMILES string of the molecule is CC(C)(C)OC(=O)NC(C(=O)O)C(F)(F)c1ccc(-c2ccc(Cl)cc2)cc1. The van der Waals surface area contributed by atoms with Crippen molar-refractivity contribution in [2.45, 2.75) is 38.3 Å². The number of carboxylic acid groups (broad SMARTS) is 1. The van der Waals surface area contributed by atoms with E-state index in [0.29, 0.717) is 10.6 Å². The minimum Gasteiger partial charge on any atom is -0.480 e. The van der Waals surface area contributed by atoms with Gasteiger partial charge in [-0.05, 0) is 44.0 Å². The Hall–Kier alpha value is -2.67. The molecule has 8 heteroatoms. The molecular weight excluding hydrogens is 392 g/mol. The standard InChI is InChI=1S/C20H20ClF2NO4/c1-19(2,3)28-18(27)24-16(17(25)26)20(22,23)14-8-4-12(5-9-14)13-6-10-15(21)11-7-13/h4-11,16H,1-3H3,(H,24,27)(H,25,26). The number of hydrogen-bond donors (Lipinski definition) is 2. The van der Waals surface area contributed by atoms with Crippen LogP contribution in [0.15, 0.2) is 48.5 Å². The summed E-state index contributed by atoms with van der Waals surface area (Å²) in [5.74, 6) is -5.74. The number of carboxylic acids is 1. The van der Waals surface area contributed by atoms with Crippen molar-refractivity contribution in [2.24, 2.45) is 0 Å². The Bertz CT molecular complexity index is 846. The summed E-state index contributed by atoms with van der Waals surface area (Å²) in [4.78, 5) is 23.2. The monoisotopic (exact) mass is 411 g/mol. The van der Waals surface area contributed by atoms with Crippen molar-refractivity contribution in [3.8, 4) is 11.1 Å². The molecule has 0 bridgehead atoms. The van der Waals surface area contributed by atoms with Gasteiger partial charge in [0.25, 0.3) is 0 Å². The van der Waals surface area contributed by atoms with Crippen LogP contribution in [0.1, 0.15) is 26.3 Å². The maximum Gasteiger partial charge on any atom is 0.408 e. The molecule has 0 fully saturated rings. The quantitative estimate of drug-likeness (QED) is 0.719. The number of alkyl carbamates (subject to hydrolysis) is 1. The van der Waals surface area contributed by atoms with Crippen LogP contribution in [0, 0.1) is 0 Å². The van der Waals surface area contributed by atoms with Crippen LogP contribution in [0.2, 0.25) is 5.02 Å². The largest absolute Gasteiger partial charge is 0.480 e. The molecule has 5 nitrogen and oxygen atoms in total. The molecule has 1 amide bonds. The highest BCUT2D eigenvalue weighted by molar-refractivity contribution is 6.30. The second-order valence-electron chi connectivity index (χ2n) is 7.12. The van der Waals surface area contributed by atoms with Gasteiger partial charge in [-0.25, -0.2) is 9.59 Å². The molecule has 0 saturated carbocycles. The third-order valence-corrected chi connectivity index (χ3v) is 3.97. The lowest BCUT2D eigenvalue weighted by atomic mass is 9.97. The normalized spacial score (nSPS) is 12.9. The molecule has 0 aliphatic carbocycles. The van der Waals surface area contributed by atoms with Crippen LogP contribution in [-0.4, -0.2) is 28.8 Å². The molecule has 1 unspecified atom stereocenters. The minimum absolute atomic E-state index is 0.546. The molecule has 1 atom stereocenters. The molecule has 0 aromatic heterocycles. The topological polar surface area (TPSA) is 75.6 Å². The fourth-order valence-corrected chi connectivity index (χ4v) is 2.55. The number of nitrogens with one attached hydrogen (secondary N) is 1. The van der Waals surface area contributed by atoms with E-state index in [2.05, 4.69) is 0 Å². The lowest BCUT2D eigenvalue weighted by molar-refractivity contribution is -0.151. The van der Waals surface area contributed by atoms with E-state index in [4.69, 9.17) is 16.3 Å². The summed E-state index contributed by atoms with van der Waals surface area (Å²) in [6, 6.07) is 9.46. The zero-order valence-electron chi connectivity index (χ0n) is 15.5. The first-order valence-corrected chi connectivity index (χ1v) is 8.74. The van der Waals surface area contributed by atoms with Gasteiger partial charge in [-0.3, -0.25) is 0 Å². The summed E-state index contributed by atoms with van der Waals surface area (Å²) in [6.07, 6.45) is -1.24. The zero-order chi connectivity index (χ0) is 21.1. The first-order valence-electron chi connectivity index (χ1n) is 8.37. The number of carbonyl (C=O) groups is 2. The van der Waals surface area contributed by atoms with Gasteiger partial charge >= 0.3 is 18.0 Å². The molecule has 0 saturated heterocycles. The molecule has 0 spiro atoms.